The van der Waals surface area contributed by atoms with E-state index >= 15 is 0 Å². The first-order chi connectivity index (χ1) is 13.8. The first-order valence-corrected chi connectivity index (χ1v) is 10.7. The van der Waals surface area contributed by atoms with Crippen LogP contribution >= 0.6 is 0 Å². The van der Waals surface area contributed by atoms with Crippen molar-refractivity contribution in [2.45, 2.75) is 24.7 Å². The Kier molecular flexibility index (Phi) is 6.19. The minimum atomic E-state index is -3.56. The molecule has 0 radical (unpaired) electrons. The molecule has 0 fully saturated rings. The third-order valence-corrected chi connectivity index (χ3v) is 6.39. The standard InChI is InChI=1S/C20H23N3O5S/c1-3-4-11-23(2)29(26,27)16-8-6-15(7-9-16)21-20(25)14-5-10-18-17(12-14)22-19(24)13-28-18/h5-10,12H,3-4,11,13H2,1-2H3,(H,21,25)(H,22,24). The monoisotopic (exact) mass is 417 g/mol. The number of hydrogen-bond donors (Lipinski definition) is 2. The van der Waals surface area contributed by atoms with Gasteiger partial charge in [0, 0.05) is 24.8 Å². The first-order valence-electron chi connectivity index (χ1n) is 9.25. The predicted molar refractivity (Wildman–Crippen MR) is 110 cm³/mol. The third kappa shape index (κ3) is 4.75. The quantitative estimate of drug-likeness (QED) is 0.721. The van der Waals surface area contributed by atoms with Crippen LogP contribution in [0.2, 0.25) is 0 Å². The van der Waals surface area contributed by atoms with Gasteiger partial charge in [-0.05, 0) is 48.9 Å². The van der Waals surface area contributed by atoms with Gasteiger partial charge in [-0.3, -0.25) is 9.59 Å². The molecule has 0 spiro atoms. The molecular weight excluding hydrogens is 394 g/mol. The van der Waals surface area contributed by atoms with Crippen molar-refractivity contribution in [3.63, 3.8) is 0 Å². The molecule has 1 heterocycles. The van der Waals surface area contributed by atoms with Crippen LogP contribution in [0.15, 0.2) is 47.4 Å². The molecule has 1 aliphatic heterocycles. The van der Waals surface area contributed by atoms with Gasteiger partial charge in [0.05, 0.1) is 10.6 Å². The Morgan fingerprint density at radius 2 is 1.93 bits per heavy atom. The van der Waals surface area contributed by atoms with E-state index in [-0.39, 0.29) is 23.3 Å². The summed E-state index contributed by atoms with van der Waals surface area (Å²) < 4.78 is 31.7. The summed E-state index contributed by atoms with van der Waals surface area (Å²) >= 11 is 0. The van der Waals surface area contributed by atoms with E-state index in [1.54, 1.807) is 31.3 Å². The van der Waals surface area contributed by atoms with Crippen molar-refractivity contribution in [3.05, 3.63) is 48.0 Å². The van der Waals surface area contributed by atoms with Crippen molar-refractivity contribution >= 4 is 33.2 Å². The van der Waals surface area contributed by atoms with Crippen LogP contribution in [-0.2, 0) is 14.8 Å². The lowest BCUT2D eigenvalue weighted by Gasteiger charge is -2.18. The number of benzene rings is 2. The SMILES string of the molecule is CCCCN(C)S(=O)(=O)c1ccc(NC(=O)c2ccc3c(c2)NC(=O)CO3)cc1. The molecule has 29 heavy (non-hydrogen) atoms. The van der Waals surface area contributed by atoms with E-state index in [1.165, 1.54) is 22.5 Å². The van der Waals surface area contributed by atoms with Gasteiger partial charge in [0.15, 0.2) is 6.61 Å². The highest BCUT2D eigenvalue weighted by atomic mass is 32.2. The summed E-state index contributed by atoms with van der Waals surface area (Å²) in [5.74, 6) is -0.165. The van der Waals surface area contributed by atoms with Gasteiger partial charge in [0.2, 0.25) is 10.0 Å². The largest absolute Gasteiger partial charge is 0.482 e. The summed E-state index contributed by atoms with van der Waals surface area (Å²) in [5.41, 5.74) is 1.24. The molecule has 2 amide bonds. The molecule has 154 valence electrons. The average Bonchev–Trinajstić information content (AvgIpc) is 2.71. The van der Waals surface area contributed by atoms with Crippen LogP contribution in [0.3, 0.4) is 0 Å². The van der Waals surface area contributed by atoms with Crippen LogP contribution in [-0.4, -0.2) is 44.7 Å². The summed E-state index contributed by atoms with van der Waals surface area (Å²) in [6, 6.07) is 10.8. The Labute approximate surface area is 169 Å². The van der Waals surface area contributed by atoms with Crippen LogP contribution in [0.5, 0.6) is 5.75 Å². The van der Waals surface area contributed by atoms with E-state index < -0.39 is 10.0 Å². The minimum Gasteiger partial charge on any atom is -0.482 e. The van der Waals surface area contributed by atoms with Gasteiger partial charge in [-0.15, -0.1) is 0 Å². The number of anilines is 2. The van der Waals surface area contributed by atoms with E-state index in [0.29, 0.717) is 29.2 Å². The summed E-state index contributed by atoms with van der Waals surface area (Å²) in [5, 5.41) is 5.37. The summed E-state index contributed by atoms with van der Waals surface area (Å²) in [4.78, 5) is 24.1. The van der Waals surface area contributed by atoms with Crippen molar-refractivity contribution in [3.8, 4) is 5.75 Å². The maximum atomic E-state index is 12.5. The zero-order valence-electron chi connectivity index (χ0n) is 16.3. The smallest absolute Gasteiger partial charge is 0.262 e. The molecule has 2 aromatic rings. The fourth-order valence-corrected chi connectivity index (χ4v) is 4.03. The number of carbonyl (C=O) groups excluding carboxylic acids is 2. The fraction of sp³-hybridized carbons (Fsp3) is 0.300. The maximum absolute atomic E-state index is 12.5. The number of hydrogen-bond acceptors (Lipinski definition) is 5. The molecule has 0 aliphatic carbocycles. The first kappa shape index (κ1) is 20.8. The molecule has 3 rings (SSSR count). The molecule has 2 N–H and O–H groups in total. The van der Waals surface area contributed by atoms with E-state index in [1.807, 2.05) is 6.92 Å². The number of carbonyl (C=O) groups is 2. The van der Waals surface area contributed by atoms with Crippen LogP contribution in [0, 0.1) is 0 Å². The molecule has 1 aliphatic rings. The van der Waals surface area contributed by atoms with Crippen molar-refractivity contribution in [2.24, 2.45) is 0 Å². The van der Waals surface area contributed by atoms with Gasteiger partial charge in [0.1, 0.15) is 5.75 Å². The maximum Gasteiger partial charge on any atom is 0.262 e. The van der Waals surface area contributed by atoms with Crippen molar-refractivity contribution in [2.75, 3.05) is 30.8 Å². The average molecular weight is 417 g/mol. The molecule has 2 aromatic carbocycles. The molecule has 0 atom stereocenters. The molecule has 0 saturated carbocycles. The Balaban J connectivity index is 1.70. The lowest BCUT2D eigenvalue weighted by Crippen LogP contribution is -2.27. The Hall–Kier alpha value is -2.91. The highest BCUT2D eigenvalue weighted by Gasteiger charge is 2.21. The highest BCUT2D eigenvalue weighted by molar-refractivity contribution is 7.89. The molecular formula is C20H23N3O5S. The van der Waals surface area contributed by atoms with E-state index in [2.05, 4.69) is 10.6 Å². The fourth-order valence-electron chi connectivity index (χ4n) is 2.82. The lowest BCUT2D eigenvalue weighted by atomic mass is 10.1. The van der Waals surface area contributed by atoms with Gasteiger partial charge in [-0.1, -0.05) is 13.3 Å². The van der Waals surface area contributed by atoms with Crippen molar-refractivity contribution in [1.82, 2.24) is 4.31 Å². The number of amides is 2. The second-order valence-corrected chi connectivity index (χ2v) is 8.75. The number of fused-ring (bicyclic) bond motifs is 1. The minimum absolute atomic E-state index is 0.0541. The number of nitrogens with zero attached hydrogens (tertiary/aromatic N) is 1. The van der Waals surface area contributed by atoms with Gasteiger partial charge in [0.25, 0.3) is 11.8 Å². The van der Waals surface area contributed by atoms with Crippen LogP contribution in [0.1, 0.15) is 30.1 Å². The van der Waals surface area contributed by atoms with Gasteiger partial charge in [-0.25, -0.2) is 12.7 Å². The Morgan fingerprint density at radius 3 is 2.62 bits per heavy atom. The number of sulfonamides is 1. The molecule has 0 unspecified atom stereocenters. The van der Waals surface area contributed by atoms with Crippen molar-refractivity contribution < 1.29 is 22.7 Å². The lowest BCUT2D eigenvalue weighted by molar-refractivity contribution is -0.118. The van der Waals surface area contributed by atoms with Crippen LogP contribution in [0.4, 0.5) is 11.4 Å². The second-order valence-electron chi connectivity index (χ2n) is 6.71. The molecule has 0 bridgehead atoms. The number of ether oxygens (including phenoxy) is 1. The van der Waals surface area contributed by atoms with Gasteiger partial charge >= 0.3 is 0 Å². The normalized spacial score (nSPS) is 13.4. The van der Waals surface area contributed by atoms with Gasteiger partial charge < -0.3 is 15.4 Å². The topological polar surface area (TPSA) is 105 Å². The third-order valence-electron chi connectivity index (χ3n) is 4.52. The second kappa shape index (κ2) is 8.62. The summed E-state index contributed by atoms with van der Waals surface area (Å²) in [7, 11) is -2.00. The van der Waals surface area contributed by atoms with Crippen LogP contribution in [0.25, 0.3) is 0 Å². The predicted octanol–water partition coefficient (Wildman–Crippen LogP) is 2.69. The zero-order chi connectivity index (χ0) is 21.0. The van der Waals surface area contributed by atoms with E-state index in [0.717, 1.165) is 12.8 Å². The van der Waals surface area contributed by atoms with Gasteiger partial charge in [-0.2, -0.15) is 0 Å². The molecule has 8 nitrogen and oxygen atoms in total. The highest BCUT2D eigenvalue weighted by Crippen LogP contribution is 2.28. The molecule has 0 saturated heterocycles. The van der Waals surface area contributed by atoms with Crippen molar-refractivity contribution in [1.29, 1.82) is 0 Å². The number of rotatable bonds is 7. The number of nitrogens with one attached hydrogen (secondary N) is 2. The number of unbranched alkanes of at least 4 members (excludes halogenated alkanes) is 1. The van der Waals surface area contributed by atoms with E-state index in [9.17, 15) is 18.0 Å². The zero-order valence-corrected chi connectivity index (χ0v) is 17.1. The molecule has 0 aromatic heterocycles. The summed E-state index contributed by atoms with van der Waals surface area (Å²) in [6.45, 7) is 2.40. The van der Waals surface area contributed by atoms with Crippen LogP contribution < -0.4 is 15.4 Å². The summed E-state index contributed by atoms with van der Waals surface area (Å²) in [6.07, 6.45) is 1.69. The Morgan fingerprint density at radius 1 is 1.21 bits per heavy atom. The Bertz CT molecular complexity index is 1020. The van der Waals surface area contributed by atoms with E-state index in [4.69, 9.17) is 4.74 Å². The molecule has 9 heteroatoms.